The predicted molar refractivity (Wildman–Crippen MR) is 142 cm³/mol. The smallest absolute Gasteiger partial charge is 0.410 e. The summed E-state index contributed by atoms with van der Waals surface area (Å²) in [5.74, 6) is 0.0215. The summed E-state index contributed by atoms with van der Waals surface area (Å²) >= 11 is 6.03. The van der Waals surface area contributed by atoms with Crippen LogP contribution >= 0.6 is 11.6 Å². The van der Waals surface area contributed by atoms with Crippen LogP contribution in [0, 0.1) is 0 Å². The van der Waals surface area contributed by atoms with Crippen LogP contribution in [-0.4, -0.2) is 103 Å². The molecule has 1 atom stereocenters. The predicted octanol–water partition coefficient (Wildman–Crippen LogP) is 2.88. The number of hydrogen-bond acceptors (Lipinski definition) is 8. The maximum absolute atomic E-state index is 13.1. The Balaban J connectivity index is 1.01. The van der Waals surface area contributed by atoms with Gasteiger partial charge in [0.05, 0.1) is 6.20 Å². The lowest BCUT2D eigenvalue weighted by atomic mass is 10.0. The first kappa shape index (κ1) is 25.3. The average molecular weight is 550 g/mol. The summed E-state index contributed by atoms with van der Waals surface area (Å²) in [5, 5.41) is 21.9. The molecule has 0 bridgehead atoms. The Morgan fingerprint density at radius 2 is 1.62 bits per heavy atom. The van der Waals surface area contributed by atoms with Gasteiger partial charge in [0.2, 0.25) is 0 Å². The van der Waals surface area contributed by atoms with E-state index in [2.05, 4.69) is 35.7 Å². The zero-order valence-electron chi connectivity index (χ0n) is 21.2. The van der Waals surface area contributed by atoms with Crippen molar-refractivity contribution >= 4 is 34.6 Å². The number of likely N-dealkylation sites (tertiary alicyclic amines) is 1. The Hall–Kier alpha value is -4.03. The van der Waals surface area contributed by atoms with Crippen LogP contribution in [0.5, 0.6) is 0 Å². The second-order valence-electron chi connectivity index (χ2n) is 9.78. The molecule has 2 aromatic heterocycles. The molecular formula is C26H28ClN9O3. The number of piperidine rings is 1. The van der Waals surface area contributed by atoms with Crippen LogP contribution in [0.15, 0.2) is 48.7 Å². The Morgan fingerprint density at radius 1 is 0.872 bits per heavy atom. The van der Waals surface area contributed by atoms with Crippen LogP contribution in [0.25, 0.3) is 11.0 Å². The molecule has 2 aliphatic rings. The first-order valence-electron chi connectivity index (χ1n) is 13.0. The van der Waals surface area contributed by atoms with Crippen molar-refractivity contribution in [1.29, 1.82) is 0 Å². The number of ether oxygens (including phenoxy) is 1. The van der Waals surface area contributed by atoms with Crippen molar-refractivity contribution in [1.82, 2.24) is 45.5 Å². The number of carbonyl (C=O) groups is 2. The number of aromatic nitrogens is 6. The number of nitrogens with one attached hydrogen (secondary N) is 2. The van der Waals surface area contributed by atoms with Crippen LogP contribution in [-0.2, 0) is 4.74 Å². The van der Waals surface area contributed by atoms with Crippen molar-refractivity contribution in [3.05, 3.63) is 70.5 Å². The topological polar surface area (TPSA) is 136 Å². The first-order chi connectivity index (χ1) is 19.0. The van der Waals surface area contributed by atoms with Gasteiger partial charge in [-0.3, -0.25) is 9.69 Å². The lowest BCUT2D eigenvalue weighted by Crippen LogP contribution is -2.54. The molecule has 2 saturated heterocycles. The number of aromatic amines is 2. The number of benzene rings is 2. The highest BCUT2D eigenvalue weighted by Crippen LogP contribution is 2.27. The molecule has 0 saturated carbocycles. The van der Waals surface area contributed by atoms with Gasteiger partial charge in [-0.15, -0.1) is 0 Å². The van der Waals surface area contributed by atoms with Gasteiger partial charge >= 0.3 is 6.09 Å². The van der Waals surface area contributed by atoms with E-state index in [0.29, 0.717) is 54.0 Å². The molecule has 0 radical (unpaired) electrons. The van der Waals surface area contributed by atoms with Gasteiger partial charge < -0.3 is 14.5 Å². The van der Waals surface area contributed by atoms with E-state index in [1.54, 1.807) is 35.4 Å². The fourth-order valence-electron chi connectivity index (χ4n) is 5.31. The number of nitrogens with zero attached hydrogens (tertiary/aromatic N) is 7. The van der Waals surface area contributed by atoms with Gasteiger partial charge in [0.1, 0.15) is 16.7 Å². The molecule has 4 aromatic rings. The second-order valence-corrected chi connectivity index (χ2v) is 10.2. The van der Waals surface area contributed by atoms with Gasteiger partial charge in [0.15, 0.2) is 6.10 Å². The van der Waals surface area contributed by atoms with Crippen LogP contribution < -0.4 is 0 Å². The van der Waals surface area contributed by atoms with Crippen molar-refractivity contribution in [2.24, 2.45) is 0 Å². The maximum atomic E-state index is 13.1. The molecule has 202 valence electrons. The normalized spacial score (nSPS) is 17.9. The molecule has 2 aromatic carbocycles. The minimum atomic E-state index is -0.682. The van der Waals surface area contributed by atoms with Gasteiger partial charge in [-0.25, -0.2) is 4.79 Å². The number of fused-ring (bicyclic) bond motifs is 1. The summed E-state index contributed by atoms with van der Waals surface area (Å²) in [6.07, 6.45) is 2.27. The Kier molecular flexibility index (Phi) is 7.12. The van der Waals surface area contributed by atoms with Gasteiger partial charge in [-0.05, 0) is 48.7 Å². The second kappa shape index (κ2) is 11.0. The molecule has 1 unspecified atom stereocenters. The quantitative estimate of drug-likeness (QED) is 0.388. The molecular weight excluding hydrogens is 522 g/mol. The molecule has 13 heteroatoms. The van der Waals surface area contributed by atoms with E-state index in [9.17, 15) is 9.59 Å². The fourth-order valence-corrected chi connectivity index (χ4v) is 5.43. The van der Waals surface area contributed by atoms with Crippen LogP contribution in [0.3, 0.4) is 0 Å². The van der Waals surface area contributed by atoms with E-state index >= 15 is 0 Å². The molecule has 2 aliphatic heterocycles. The third-order valence-corrected chi connectivity index (χ3v) is 7.75. The highest BCUT2D eigenvalue weighted by molar-refractivity contribution is 6.30. The number of piperazine rings is 1. The van der Waals surface area contributed by atoms with E-state index in [1.165, 1.54) is 0 Å². The first-order valence-corrected chi connectivity index (χ1v) is 13.3. The molecule has 0 aliphatic carbocycles. The van der Waals surface area contributed by atoms with Crippen molar-refractivity contribution < 1.29 is 14.3 Å². The van der Waals surface area contributed by atoms with Gasteiger partial charge in [-0.1, -0.05) is 23.7 Å². The van der Waals surface area contributed by atoms with E-state index in [0.717, 1.165) is 37.0 Å². The van der Waals surface area contributed by atoms with Crippen molar-refractivity contribution in [3.8, 4) is 0 Å². The molecule has 39 heavy (non-hydrogen) atoms. The van der Waals surface area contributed by atoms with Crippen LogP contribution in [0.1, 0.15) is 40.6 Å². The average Bonchev–Trinajstić information content (AvgIpc) is 3.68. The molecule has 0 spiro atoms. The standard InChI is InChI=1S/C26H28ClN9O3/c27-19-4-1-17(2-5-19)24(23-16-28-32-31-23)39-26(38)36-13-11-34(12-14-36)20-7-9-35(10-8-20)25(37)18-3-6-21-22(15-18)30-33-29-21/h1-6,15-16,20,24H,7-14H2,(H,28,31,32)(H,29,30,33). The SMILES string of the molecule is O=C(OC(c1ccc(Cl)cc1)c1cn[nH]n1)N1CCN(C2CCN(C(=O)c3ccc4n[nH]nc4c3)CC2)CC1. The summed E-state index contributed by atoms with van der Waals surface area (Å²) in [6.45, 7) is 4.05. The zero-order valence-corrected chi connectivity index (χ0v) is 21.9. The monoisotopic (exact) mass is 549 g/mol. The summed E-state index contributed by atoms with van der Waals surface area (Å²) in [4.78, 5) is 32.2. The highest BCUT2D eigenvalue weighted by Gasteiger charge is 2.32. The van der Waals surface area contributed by atoms with E-state index in [1.807, 2.05) is 23.1 Å². The number of halogens is 1. The van der Waals surface area contributed by atoms with Crippen LogP contribution in [0.4, 0.5) is 4.79 Å². The lowest BCUT2D eigenvalue weighted by Gasteiger charge is -2.42. The summed E-state index contributed by atoms with van der Waals surface area (Å²) in [5.41, 5.74) is 3.35. The minimum Gasteiger partial charge on any atom is -0.434 e. The van der Waals surface area contributed by atoms with Gasteiger partial charge in [0.25, 0.3) is 5.91 Å². The number of rotatable bonds is 5. The molecule has 12 nitrogen and oxygen atoms in total. The summed E-state index contributed by atoms with van der Waals surface area (Å²) in [7, 11) is 0. The largest absolute Gasteiger partial charge is 0.434 e. The highest BCUT2D eigenvalue weighted by atomic mass is 35.5. The third-order valence-electron chi connectivity index (χ3n) is 7.50. The van der Waals surface area contributed by atoms with E-state index in [4.69, 9.17) is 16.3 Å². The maximum Gasteiger partial charge on any atom is 0.410 e. The van der Waals surface area contributed by atoms with Gasteiger partial charge in [0, 0.05) is 55.9 Å². The minimum absolute atomic E-state index is 0.0215. The third kappa shape index (κ3) is 5.43. The summed E-state index contributed by atoms with van der Waals surface area (Å²) < 4.78 is 5.89. The van der Waals surface area contributed by atoms with Crippen molar-refractivity contribution in [3.63, 3.8) is 0 Å². The number of carbonyl (C=O) groups excluding carboxylic acids is 2. The molecule has 4 heterocycles. The lowest BCUT2D eigenvalue weighted by molar-refractivity contribution is 0.0331. The summed E-state index contributed by atoms with van der Waals surface area (Å²) in [6, 6.07) is 12.9. The van der Waals surface area contributed by atoms with E-state index in [-0.39, 0.29) is 12.0 Å². The number of H-pyrrole nitrogens is 2. The number of hydrogen-bond donors (Lipinski definition) is 2. The fraction of sp³-hybridized carbons (Fsp3) is 0.385. The molecule has 2 fully saturated rings. The molecule has 2 amide bonds. The van der Waals surface area contributed by atoms with Crippen molar-refractivity contribution in [2.75, 3.05) is 39.3 Å². The number of amides is 2. The van der Waals surface area contributed by atoms with Crippen molar-refractivity contribution in [2.45, 2.75) is 25.0 Å². The van der Waals surface area contributed by atoms with Crippen LogP contribution in [0.2, 0.25) is 5.02 Å². The van der Waals surface area contributed by atoms with E-state index < -0.39 is 6.10 Å². The Morgan fingerprint density at radius 3 is 2.33 bits per heavy atom. The van der Waals surface area contributed by atoms with Gasteiger partial charge in [-0.2, -0.15) is 30.8 Å². The zero-order chi connectivity index (χ0) is 26.8. The molecule has 2 N–H and O–H groups in total. The molecule has 6 rings (SSSR count). The Bertz CT molecular complexity index is 1430. The Labute approximate surface area is 229 Å².